The summed E-state index contributed by atoms with van der Waals surface area (Å²) in [5.41, 5.74) is 3.08. The van der Waals surface area contributed by atoms with Crippen molar-refractivity contribution in [1.29, 1.82) is 0 Å². The number of aromatic nitrogens is 4. The van der Waals surface area contributed by atoms with Crippen molar-refractivity contribution in [3.05, 3.63) is 104 Å². The first-order valence-corrected chi connectivity index (χ1v) is 10.8. The van der Waals surface area contributed by atoms with E-state index in [1.54, 1.807) is 37.4 Å². The molecule has 12 heteroatoms. The van der Waals surface area contributed by atoms with E-state index in [0.29, 0.717) is 24.5 Å². The molecule has 36 heavy (non-hydrogen) atoms. The van der Waals surface area contributed by atoms with Crippen LogP contribution in [0.25, 0.3) is 0 Å². The molecular formula is C24H26N6O6. The second-order valence-corrected chi connectivity index (χ2v) is 7.78. The van der Waals surface area contributed by atoms with Crippen molar-refractivity contribution < 1.29 is 19.3 Å². The molecule has 0 unspecified atom stereocenters. The number of methoxy groups -OCH3 is 2. The van der Waals surface area contributed by atoms with Crippen molar-refractivity contribution >= 4 is 11.4 Å². The Morgan fingerprint density at radius 3 is 1.72 bits per heavy atom. The van der Waals surface area contributed by atoms with Crippen molar-refractivity contribution in [3.63, 3.8) is 0 Å². The highest BCUT2D eigenvalue weighted by atomic mass is 16.6. The minimum absolute atomic E-state index is 0.0449. The lowest BCUT2D eigenvalue weighted by molar-refractivity contribution is -0.385. The molecule has 0 amide bonds. The SMILES string of the molecule is COc1ccc(Cn2cc([N+](=O)[O-])c(C)n2)cc1.COc1ccc(Cn2ncc([N+](=O)[O-])c2C)cc1. The van der Waals surface area contributed by atoms with E-state index >= 15 is 0 Å². The first-order chi connectivity index (χ1) is 17.2. The fraction of sp³-hybridized carbons (Fsp3) is 0.250. The number of benzene rings is 2. The summed E-state index contributed by atoms with van der Waals surface area (Å²) in [6.07, 6.45) is 2.72. The van der Waals surface area contributed by atoms with Gasteiger partial charge in [0.2, 0.25) is 0 Å². The van der Waals surface area contributed by atoms with Crippen molar-refractivity contribution in [3.8, 4) is 11.5 Å². The summed E-state index contributed by atoms with van der Waals surface area (Å²) in [7, 11) is 3.21. The maximum atomic E-state index is 10.7. The zero-order chi connectivity index (χ0) is 26.2. The van der Waals surface area contributed by atoms with Crippen LogP contribution in [0.3, 0.4) is 0 Å². The Kier molecular flexibility index (Phi) is 8.34. The molecule has 0 fully saturated rings. The number of hydrogen-bond acceptors (Lipinski definition) is 8. The van der Waals surface area contributed by atoms with Crippen LogP contribution in [0.1, 0.15) is 22.5 Å². The van der Waals surface area contributed by atoms with Gasteiger partial charge in [0.1, 0.15) is 35.3 Å². The van der Waals surface area contributed by atoms with Gasteiger partial charge in [0.05, 0.1) is 37.2 Å². The Labute approximate surface area is 207 Å². The maximum absolute atomic E-state index is 10.7. The predicted octanol–water partition coefficient (Wildman–Crippen LogP) is 4.31. The van der Waals surface area contributed by atoms with Crippen molar-refractivity contribution in [1.82, 2.24) is 19.6 Å². The lowest BCUT2D eigenvalue weighted by Gasteiger charge is -2.05. The van der Waals surface area contributed by atoms with Gasteiger partial charge in [-0.15, -0.1) is 0 Å². The highest BCUT2D eigenvalue weighted by Gasteiger charge is 2.16. The minimum Gasteiger partial charge on any atom is -0.497 e. The van der Waals surface area contributed by atoms with E-state index in [1.807, 2.05) is 48.5 Å². The van der Waals surface area contributed by atoms with E-state index in [4.69, 9.17) is 9.47 Å². The molecule has 0 atom stereocenters. The van der Waals surface area contributed by atoms with Crippen LogP contribution < -0.4 is 9.47 Å². The maximum Gasteiger partial charge on any atom is 0.309 e. The highest BCUT2D eigenvalue weighted by molar-refractivity contribution is 5.34. The van der Waals surface area contributed by atoms with E-state index < -0.39 is 9.85 Å². The predicted molar refractivity (Wildman–Crippen MR) is 131 cm³/mol. The summed E-state index contributed by atoms with van der Waals surface area (Å²) >= 11 is 0. The van der Waals surface area contributed by atoms with Crippen LogP contribution >= 0.6 is 0 Å². The van der Waals surface area contributed by atoms with Gasteiger partial charge in [0.15, 0.2) is 0 Å². The molecule has 0 bridgehead atoms. The smallest absolute Gasteiger partial charge is 0.309 e. The Bertz CT molecular complexity index is 1320. The second-order valence-electron chi connectivity index (χ2n) is 7.78. The first-order valence-electron chi connectivity index (χ1n) is 10.8. The first kappa shape index (κ1) is 25.9. The van der Waals surface area contributed by atoms with Crippen molar-refractivity contribution in [2.75, 3.05) is 14.2 Å². The zero-order valence-electron chi connectivity index (χ0n) is 20.3. The molecule has 4 rings (SSSR count). The molecule has 0 aliphatic heterocycles. The van der Waals surface area contributed by atoms with Crippen LogP contribution in [0.15, 0.2) is 60.9 Å². The molecular weight excluding hydrogens is 468 g/mol. The van der Waals surface area contributed by atoms with Crippen LogP contribution in [-0.4, -0.2) is 43.6 Å². The molecule has 2 aromatic heterocycles. The minimum atomic E-state index is -0.424. The molecule has 2 heterocycles. The van der Waals surface area contributed by atoms with Crippen LogP contribution in [0, 0.1) is 34.1 Å². The summed E-state index contributed by atoms with van der Waals surface area (Å²) in [4.78, 5) is 20.6. The molecule has 4 aromatic rings. The molecule has 188 valence electrons. The highest BCUT2D eigenvalue weighted by Crippen LogP contribution is 2.19. The summed E-state index contributed by atoms with van der Waals surface area (Å²) in [6.45, 7) is 4.32. The van der Waals surface area contributed by atoms with Crippen LogP contribution in [0.4, 0.5) is 11.4 Å². The second kappa shape index (κ2) is 11.6. The average Bonchev–Trinajstić information content (AvgIpc) is 3.42. The molecule has 0 radical (unpaired) electrons. The molecule has 0 saturated heterocycles. The van der Waals surface area contributed by atoms with Gasteiger partial charge < -0.3 is 9.47 Å². The van der Waals surface area contributed by atoms with Gasteiger partial charge in [-0.3, -0.25) is 29.6 Å². The lowest BCUT2D eigenvalue weighted by atomic mass is 10.2. The van der Waals surface area contributed by atoms with Gasteiger partial charge in [-0.2, -0.15) is 10.2 Å². The molecule has 12 nitrogen and oxygen atoms in total. The van der Waals surface area contributed by atoms with Crippen LogP contribution in [-0.2, 0) is 13.1 Å². The number of nitro groups is 2. The van der Waals surface area contributed by atoms with Gasteiger partial charge in [-0.1, -0.05) is 24.3 Å². The lowest BCUT2D eigenvalue weighted by Crippen LogP contribution is -2.04. The Morgan fingerprint density at radius 2 is 1.31 bits per heavy atom. The summed E-state index contributed by atoms with van der Waals surface area (Å²) in [6, 6.07) is 15.0. The van der Waals surface area contributed by atoms with Gasteiger partial charge >= 0.3 is 11.4 Å². The normalized spacial score (nSPS) is 10.3. The molecule has 2 aromatic carbocycles. The fourth-order valence-corrected chi connectivity index (χ4v) is 3.36. The molecule has 0 saturated carbocycles. The van der Waals surface area contributed by atoms with Crippen LogP contribution in [0.5, 0.6) is 11.5 Å². The summed E-state index contributed by atoms with van der Waals surface area (Å²) in [5, 5.41) is 29.5. The monoisotopic (exact) mass is 494 g/mol. The van der Waals surface area contributed by atoms with E-state index in [0.717, 1.165) is 22.6 Å². The van der Waals surface area contributed by atoms with Gasteiger partial charge in [-0.05, 0) is 49.2 Å². The largest absolute Gasteiger partial charge is 0.497 e. The van der Waals surface area contributed by atoms with Crippen molar-refractivity contribution in [2.24, 2.45) is 0 Å². The fourth-order valence-electron chi connectivity index (χ4n) is 3.36. The zero-order valence-corrected chi connectivity index (χ0v) is 20.3. The quantitative estimate of drug-likeness (QED) is 0.261. The number of rotatable bonds is 8. The third-order valence-corrected chi connectivity index (χ3v) is 5.39. The summed E-state index contributed by atoms with van der Waals surface area (Å²) in [5.74, 6) is 1.56. The Balaban J connectivity index is 0.000000201. The van der Waals surface area contributed by atoms with E-state index in [1.165, 1.54) is 12.4 Å². The molecule has 0 aliphatic carbocycles. The van der Waals surface area contributed by atoms with Gasteiger partial charge in [-0.25, -0.2) is 0 Å². The van der Waals surface area contributed by atoms with Gasteiger partial charge in [0, 0.05) is 0 Å². The average molecular weight is 495 g/mol. The Hall–Kier alpha value is -4.74. The van der Waals surface area contributed by atoms with E-state index in [9.17, 15) is 20.2 Å². The van der Waals surface area contributed by atoms with Crippen LogP contribution in [0.2, 0.25) is 0 Å². The molecule has 0 N–H and O–H groups in total. The topological polar surface area (TPSA) is 140 Å². The third kappa shape index (κ3) is 6.44. The van der Waals surface area contributed by atoms with E-state index in [2.05, 4.69) is 10.2 Å². The summed E-state index contributed by atoms with van der Waals surface area (Å²) < 4.78 is 13.3. The third-order valence-electron chi connectivity index (χ3n) is 5.39. The Morgan fingerprint density at radius 1 is 0.806 bits per heavy atom. The molecule has 0 aliphatic rings. The number of hydrogen-bond donors (Lipinski definition) is 0. The number of nitrogens with zero attached hydrogens (tertiary/aromatic N) is 6. The number of aryl methyl sites for hydroxylation is 1. The molecule has 0 spiro atoms. The standard InChI is InChI=1S/2C12H13N3O3/c1-9-12(15(16)17)7-13-14(9)8-10-3-5-11(18-2)6-4-10;1-9-12(15(16)17)8-14(13-9)7-10-3-5-11(18-2)6-4-10/h3-7H,8H2,1-2H3;3-6,8H,7H2,1-2H3. The number of ether oxygens (including phenoxy) is 2. The van der Waals surface area contributed by atoms with Gasteiger partial charge in [0.25, 0.3) is 0 Å². The van der Waals surface area contributed by atoms with E-state index in [-0.39, 0.29) is 11.4 Å². The van der Waals surface area contributed by atoms with Crippen molar-refractivity contribution in [2.45, 2.75) is 26.9 Å².